The average Bonchev–Trinajstić information content (AvgIpc) is 2.93. The molecule has 10 nitrogen and oxygen atoms in total. The maximum absolute atomic E-state index is 13.8. The fourth-order valence-electron chi connectivity index (χ4n) is 4.89. The number of unbranched alkanes of at least 4 members (excludes halogenated alkanes) is 1. The molecular weight excluding hydrogens is 484 g/mol. The SMILES string of the molecule is [C-]#[N+]c1cc2c3c(c(C#N)cc4c3c1C(=O)N(CCCC)C4=O)C(=O)N(c1ccc(C#N)c(C#N)c1)C2=O. The van der Waals surface area contributed by atoms with Gasteiger partial charge in [0.2, 0.25) is 5.69 Å². The number of nitrogens with zero attached hydrogens (tertiary/aromatic N) is 6. The van der Waals surface area contributed by atoms with Crippen molar-refractivity contribution >= 4 is 45.8 Å². The van der Waals surface area contributed by atoms with Gasteiger partial charge in [0.25, 0.3) is 23.6 Å². The molecule has 10 heteroatoms. The van der Waals surface area contributed by atoms with Crippen LogP contribution in [0.4, 0.5) is 11.4 Å². The minimum absolute atomic E-state index is 0.00383. The van der Waals surface area contributed by atoms with Crippen LogP contribution in [0.2, 0.25) is 0 Å². The lowest BCUT2D eigenvalue weighted by molar-refractivity contribution is 0.0608. The van der Waals surface area contributed by atoms with Crippen LogP contribution < -0.4 is 4.90 Å². The third kappa shape index (κ3) is 3.09. The van der Waals surface area contributed by atoms with Gasteiger partial charge in [0, 0.05) is 23.1 Å². The topological polar surface area (TPSA) is 150 Å². The predicted molar refractivity (Wildman–Crippen MR) is 132 cm³/mol. The van der Waals surface area contributed by atoms with Gasteiger partial charge in [-0.25, -0.2) is 9.74 Å². The fourth-order valence-corrected chi connectivity index (χ4v) is 4.89. The highest BCUT2D eigenvalue weighted by Crippen LogP contribution is 2.44. The van der Waals surface area contributed by atoms with Crippen LogP contribution in [0.1, 0.15) is 77.9 Å². The van der Waals surface area contributed by atoms with E-state index in [1.54, 1.807) is 0 Å². The first-order chi connectivity index (χ1) is 18.3. The van der Waals surface area contributed by atoms with E-state index in [0.717, 1.165) is 9.80 Å². The summed E-state index contributed by atoms with van der Waals surface area (Å²) >= 11 is 0. The molecule has 38 heavy (non-hydrogen) atoms. The van der Waals surface area contributed by atoms with Gasteiger partial charge in [-0.1, -0.05) is 13.3 Å². The number of carbonyl (C=O) groups excluding carboxylic acids is 4. The molecule has 0 atom stereocenters. The Morgan fingerprint density at radius 3 is 2.08 bits per heavy atom. The highest BCUT2D eigenvalue weighted by Gasteiger charge is 2.43. The van der Waals surface area contributed by atoms with Gasteiger partial charge in [0.1, 0.15) is 18.2 Å². The lowest BCUT2D eigenvalue weighted by Gasteiger charge is -2.33. The van der Waals surface area contributed by atoms with E-state index in [1.807, 2.05) is 25.1 Å². The molecule has 0 bridgehead atoms. The van der Waals surface area contributed by atoms with Crippen molar-refractivity contribution in [2.24, 2.45) is 0 Å². The zero-order valence-electron chi connectivity index (χ0n) is 19.8. The second-order valence-electron chi connectivity index (χ2n) is 8.65. The molecule has 0 unspecified atom stereocenters. The van der Waals surface area contributed by atoms with Gasteiger partial charge in [-0.05, 0) is 42.1 Å². The Morgan fingerprint density at radius 1 is 0.789 bits per heavy atom. The zero-order chi connectivity index (χ0) is 27.3. The fraction of sp³-hybridized carbons (Fsp3) is 0.143. The van der Waals surface area contributed by atoms with Crippen molar-refractivity contribution in [3.63, 3.8) is 0 Å². The number of benzene rings is 3. The monoisotopic (exact) mass is 498 g/mol. The number of anilines is 1. The number of hydrogen-bond acceptors (Lipinski definition) is 7. The smallest absolute Gasteiger partial charge is 0.267 e. The third-order valence-corrected chi connectivity index (χ3v) is 6.65. The van der Waals surface area contributed by atoms with Gasteiger partial charge in [-0.15, -0.1) is 0 Å². The molecule has 180 valence electrons. The van der Waals surface area contributed by atoms with E-state index in [0.29, 0.717) is 12.8 Å². The summed E-state index contributed by atoms with van der Waals surface area (Å²) in [4.78, 5) is 59.5. The molecule has 0 saturated carbocycles. The third-order valence-electron chi connectivity index (χ3n) is 6.65. The summed E-state index contributed by atoms with van der Waals surface area (Å²) < 4.78 is 0. The van der Waals surface area contributed by atoms with Crippen LogP contribution in [0.3, 0.4) is 0 Å². The molecular formula is C28H14N6O4. The standard InChI is InChI=1S/C28H14N6O4/c1-3-4-7-33-25(35)18-9-16(13-31)21-22-19(10-20(32-2)24(23(18)22)27(33)37)26(36)34(28(21)38)17-6-5-14(11-29)15(8-17)12-30/h5-6,8-10H,3-4,7H2,1H3. The van der Waals surface area contributed by atoms with E-state index < -0.39 is 23.6 Å². The minimum atomic E-state index is -0.894. The van der Waals surface area contributed by atoms with Gasteiger partial charge in [-0.3, -0.25) is 24.1 Å². The van der Waals surface area contributed by atoms with Crippen molar-refractivity contribution in [3.8, 4) is 18.2 Å². The summed E-state index contributed by atoms with van der Waals surface area (Å²) in [6.07, 6.45) is 1.24. The van der Waals surface area contributed by atoms with Crippen LogP contribution in [0.15, 0.2) is 30.3 Å². The van der Waals surface area contributed by atoms with Crippen molar-refractivity contribution in [2.45, 2.75) is 19.8 Å². The first-order valence-corrected chi connectivity index (χ1v) is 11.5. The quantitative estimate of drug-likeness (QED) is 0.386. The zero-order valence-corrected chi connectivity index (χ0v) is 19.8. The highest BCUT2D eigenvalue weighted by molar-refractivity contribution is 6.40. The molecule has 0 saturated heterocycles. The number of hydrogen-bond donors (Lipinski definition) is 0. The van der Waals surface area contributed by atoms with Crippen LogP contribution in [-0.4, -0.2) is 35.1 Å². The van der Waals surface area contributed by atoms with Crippen molar-refractivity contribution in [2.75, 3.05) is 11.4 Å². The molecule has 0 radical (unpaired) electrons. The number of nitriles is 3. The van der Waals surface area contributed by atoms with Crippen LogP contribution in [0.5, 0.6) is 0 Å². The number of imide groups is 2. The Bertz CT molecular complexity index is 1840. The largest absolute Gasteiger partial charge is 0.275 e. The maximum Gasteiger partial charge on any atom is 0.267 e. The average molecular weight is 498 g/mol. The van der Waals surface area contributed by atoms with E-state index in [9.17, 15) is 35.0 Å². The molecule has 5 rings (SSSR count). The molecule has 0 aromatic heterocycles. The van der Waals surface area contributed by atoms with Crippen LogP contribution in [-0.2, 0) is 0 Å². The van der Waals surface area contributed by atoms with Gasteiger partial charge >= 0.3 is 0 Å². The lowest BCUT2D eigenvalue weighted by Crippen LogP contribution is -2.44. The molecule has 2 heterocycles. The molecule has 2 aliphatic heterocycles. The predicted octanol–water partition coefficient (Wildman–Crippen LogP) is 4.20. The first kappa shape index (κ1) is 23.9. The number of carbonyl (C=O) groups is 4. The molecule has 0 spiro atoms. The van der Waals surface area contributed by atoms with Crippen LogP contribution in [0.25, 0.3) is 15.6 Å². The van der Waals surface area contributed by atoms with Crippen molar-refractivity contribution in [3.05, 3.63) is 80.7 Å². The molecule has 0 fully saturated rings. The first-order valence-electron chi connectivity index (χ1n) is 11.5. The maximum atomic E-state index is 13.8. The van der Waals surface area contributed by atoms with E-state index in [-0.39, 0.29) is 67.6 Å². The Balaban J connectivity index is 1.85. The molecule has 3 aromatic rings. The molecule has 0 aliphatic carbocycles. The summed E-state index contributed by atoms with van der Waals surface area (Å²) in [5.41, 5.74) is -0.810. The van der Waals surface area contributed by atoms with Crippen LogP contribution >= 0.6 is 0 Å². The summed E-state index contributed by atoms with van der Waals surface area (Å²) in [7, 11) is 0. The lowest BCUT2D eigenvalue weighted by atomic mass is 9.82. The summed E-state index contributed by atoms with van der Waals surface area (Å²) in [5.74, 6) is -3.12. The highest BCUT2D eigenvalue weighted by atomic mass is 16.2. The van der Waals surface area contributed by atoms with E-state index in [1.165, 1.54) is 30.3 Å². The summed E-state index contributed by atoms with van der Waals surface area (Å²) in [6.45, 7) is 9.71. The second kappa shape index (κ2) is 8.68. The van der Waals surface area contributed by atoms with Gasteiger partial charge < -0.3 is 0 Å². The molecule has 4 amide bonds. The molecule has 2 aliphatic rings. The summed E-state index contributed by atoms with van der Waals surface area (Å²) in [6, 6.07) is 11.9. The summed E-state index contributed by atoms with van der Waals surface area (Å²) in [5, 5.41) is 28.6. The van der Waals surface area contributed by atoms with Crippen molar-refractivity contribution < 1.29 is 19.2 Å². The Labute approximate surface area is 215 Å². The second-order valence-corrected chi connectivity index (χ2v) is 8.65. The van der Waals surface area contributed by atoms with E-state index in [2.05, 4.69) is 4.85 Å². The van der Waals surface area contributed by atoms with Gasteiger partial charge in [-0.2, -0.15) is 15.8 Å². The molecule has 3 aromatic carbocycles. The van der Waals surface area contributed by atoms with Crippen molar-refractivity contribution in [1.29, 1.82) is 15.8 Å². The van der Waals surface area contributed by atoms with Gasteiger partial charge in [0.05, 0.1) is 40.1 Å². The Morgan fingerprint density at radius 2 is 1.45 bits per heavy atom. The normalized spacial score (nSPS) is 13.7. The van der Waals surface area contributed by atoms with E-state index in [4.69, 9.17) is 6.57 Å². The van der Waals surface area contributed by atoms with E-state index >= 15 is 0 Å². The Hall–Kier alpha value is -5.84. The molecule has 0 N–H and O–H groups in total. The number of rotatable bonds is 4. The Kier molecular flexibility index (Phi) is 5.45. The van der Waals surface area contributed by atoms with Crippen LogP contribution in [0, 0.1) is 40.6 Å². The minimum Gasteiger partial charge on any atom is -0.275 e. The van der Waals surface area contributed by atoms with Gasteiger partial charge in [0.15, 0.2) is 0 Å². The van der Waals surface area contributed by atoms with Crippen molar-refractivity contribution in [1.82, 2.24) is 4.90 Å². The number of amides is 4.